The number of methoxy groups -OCH3 is 1. The molecule has 0 bridgehead atoms. The Hall–Kier alpha value is -1.88. The van der Waals surface area contributed by atoms with E-state index in [0.29, 0.717) is 6.42 Å². The van der Waals surface area contributed by atoms with Crippen LogP contribution in [0.25, 0.3) is 0 Å². The Bertz CT molecular complexity index is 598. The van der Waals surface area contributed by atoms with Crippen LogP contribution in [0.4, 0.5) is 0 Å². The highest BCUT2D eigenvalue weighted by Crippen LogP contribution is 2.51. The summed E-state index contributed by atoms with van der Waals surface area (Å²) < 4.78 is 11.0. The molecule has 0 aliphatic carbocycles. The fourth-order valence-corrected chi connectivity index (χ4v) is 3.71. The number of rotatable bonds is 2. The van der Waals surface area contributed by atoms with Crippen molar-refractivity contribution >= 4 is 11.9 Å². The molecule has 0 saturated carbocycles. The second-order valence-electron chi connectivity index (χ2n) is 6.69. The number of nitrogens with one attached hydrogen (secondary N) is 1. The van der Waals surface area contributed by atoms with Crippen molar-refractivity contribution in [3.05, 3.63) is 35.9 Å². The molecule has 118 valence electrons. The molecular weight excluding hydrogens is 282 g/mol. The summed E-state index contributed by atoms with van der Waals surface area (Å²) in [5, 5.41) is 2.94. The second kappa shape index (κ2) is 5.09. The third kappa shape index (κ3) is 2.39. The lowest BCUT2D eigenvalue weighted by atomic mass is 9.82. The summed E-state index contributed by atoms with van der Waals surface area (Å²) >= 11 is 0. The van der Waals surface area contributed by atoms with E-state index in [9.17, 15) is 9.59 Å². The van der Waals surface area contributed by atoms with Gasteiger partial charge < -0.3 is 14.8 Å². The molecular formula is C17H21NO4. The van der Waals surface area contributed by atoms with Gasteiger partial charge in [-0.15, -0.1) is 0 Å². The number of benzene rings is 1. The number of hydrogen-bond acceptors (Lipinski definition) is 4. The van der Waals surface area contributed by atoms with Crippen molar-refractivity contribution in [1.29, 1.82) is 0 Å². The third-order valence-electron chi connectivity index (χ3n) is 4.56. The lowest BCUT2D eigenvalue weighted by Crippen LogP contribution is -2.46. The Morgan fingerprint density at radius 1 is 1.27 bits per heavy atom. The monoisotopic (exact) mass is 303 g/mol. The Balaban J connectivity index is 1.97. The van der Waals surface area contributed by atoms with Crippen molar-refractivity contribution in [3.8, 4) is 0 Å². The van der Waals surface area contributed by atoms with Crippen LogP contribution in [0.1, 0.15) is 38.2 Å². The third-order valence-corrected chi connectivity index (χ3v) is 4.56. The molecule has 3 rings (SSSR count). The summed E-state index contributed by atoms with van der Waals surface area (Å²) in [7, 11) is 1.30. The number of hydrogen-bond donors (Lipinski definition) is 1. The maximum Gasteiger partial charge on any atom is 0.318 e. The van der Waals surface area contributed by atoms with E-state index in [2.05, 4.69) is 5.32 Å². The van der Waals surface area contributed by atoms with Gasteiger partial charge in [0.1, 0.15) is 11.6 Å². The van der Waals surface area contributed by atoms with Crippen molar-refractivity contribution in [2.45, 2.75) is 43.9 Å². The maximum atomic E-state index is 12.2. The van der Waals surface area contributed by atoms with Crippen molar-refractivity contribution in [1.82, 2.24) is 5.32 Å². The molecule has 0 aromatic heterocycles. The van der Waals surface area contributed by atoms with Gasteiger partial charge in [-0.3, -0.25) is 9.59 Å². The van der Waals surface area contributed by atoms with Crippen LogP contribution in [0.5, 0.6) is 0 Å². The topological polar surface area (TPSA) is 64.6 Å². The smallest absolute Gasteiger partial charge is 0.318 e. The van der Waals surface area contributed by atoms with E-state index in [1.807, 2.05) is 44.2 Å². The first kappa shape index (κ1) is 15.0. The van der Waals surface area contributed by atoms with E-state index < -0.39 is 17.6 Å². The van der Waals surface area contributed by atoms with Gasteiger partial charge in [0.2, 0.25) is 5.91 Å². The fourth-order valence-electron chi connectivity index (χ4n) is 3.71. The molecule has 1 aromatic carbocycles. The molecule has 3 unspecified atom stereocenters. The lowest BCUT2D eigenvalue weighted by Gasteiger charge is -2.31. The molecule has 2 heterocycles. The molecule has 1 amide bonds. The molecule has 5 nitrogen and oxygen atoms in total. The van der Waals surface area contributed by atoms with E-state index in [0.717, 1.165) is 12.0 Å². The zero-order chi connectivity index (χ0) is 16.0. The predicted molar refractivity (Wildman–Crippen MR) is 80.0 cm³/mol. The zero-order valence-electron chi connectivity index (χ0n) is 13.1. The van der Waals surface area contributed by atoms with Crippen LogP contribution in [0.3, 0.4) is 0 Å². The minimum Gasteiger partial charge on any atom is -0.468 e. The van der Waals surface area contributed by atoms with E-state index in [1.165, 1.54) is 7.11 Å². The Morgan fingerprint density at radius 2 is 1.95 bits per heavy atom. The van der Waals surface area contributed by atoms with Crippen LogP contribution in [0.2, 0.25) is 0 Å². The molecule has 1 N–H and O–H groups in total. The minimum absolute atomic E-state index is 0.0160. The van der Waals surface area contributed by atoms with Crippen molar-refractivity contribution in [2.75, 3.05) is 7.11 Å². The second-order valence-corrected chi connectivity index (χ2v) is 6.69. The fraction of sp³-hybridized carbons (Fsp3) is 0.529. The predicted octanol–water partition coefficient (Wildman–Crippen LogP) is 1.97. The van der Waals surface area contributed by atoms with Crippen LogP contribution < -0.4 is 5.32 Å². The largest absolute Gasteiger partial charge is 0.468 e. The number of esters is 1. The summed E-state index contributed by atoms with van der Waals surface area (Å²) in [5.74, 6) is -1.60. The Labute approximate surface area is 130 Å². The van der Waals surface area contributed by atoms with Crippen LogP contribution in [0, 0.1) is 5.92 Å². The van der Waals surface area contributed by atoms with Gasteiger partial charge >= 0.3 is 5.97 Å². The highest BCUT2D eigenvalue weighted by atomic mass is 16.5. The molecule has 0 radical (unpaired) electrons. The standard InChI is InChI=1S/C17H21NO4/c1-16(2)10-13(11-7-5-4-6-8-11)17(22-16)9-12(14(19)18-17)15(20)21-3/h4-8,12-13H,9-10H2,1-3H3,(H,18,19). The summed E-state index contributed by atoms with van der Waals surface area (Å²) in [5.41, 5.74) is -0.0848. The van der Waals surface area contributed by atoms with Gasteiger partial charge in [-0.1, -0.05) is 30.3 Å². The van der Waals surface area contributed by atoms with Crippen LogP contribution in [0.15, 0.2) is 30.3 Å². The van der Waals surface area contributed by atoms with Crippen LogP contribution in [-0.2, 0) is 19.1 Å². The quantitative estimate of drug-likeness (QED) is 0.670. The van der Waals surface area contributed by atoms with E-state index in [1.54, 1.807) is 0 Å². The van der Waals surface area contributed by atoms with E-state index >= 15 is 0 Å². The van der Waals surface area contributed by atoms with Crippen molar-refractivity contribution < 1.29 is 19.1 Å². The van der Waals surface area contributed by atoms with Gasteiger partial charge in [-0.05, 0) is 25.8 Å². The molecule has 2 aliphatic heterocycles. The number of carbonyl (C=O) groups excluding carboxylic acids is 2. The van der Waals surface area contributed by atoms with Gasteiger partial charge in [0, 0.05) is 12.3 Å². The Morgan fingerprint density at radius 3 is 2.59 bits per heavy atom. The Kier molecular flexibility index (Phi) is 3.48. The highest BCUT2D eigenvalue weighted by molar-refractivity contribution is 6.00. The molecule has 2 saturated heterocycles. The molecule has 1 aromatic rings. The number of carbonyl (C=O) groups is 2. The molecule has 22 heavy (non-hydrogen) atoms. The lowest BCUT2D eigenvalue weighted by molar-refractivity contribution is -0.149. The number of ether oxygens (including phenoxy) is 2. The summed E-state index contributed by atoms with van der Waals surface area (Å²) in [6, 6.07) is 9.98. The van der Waals surface area contributed by atoms with E-state index in [4.69, 9.17) is 9.47 Å². The average Bonchev–Trinajstić information content (AvgIpc) is 2.95. The molecule has 2 fully saturated rings. The van der Waals surface area contributed by atoms with Gasteiger partial charge in [0.25, 0.3) is 0 Å². The van der Waals surface area contributed by atoms with Gasteiger partial charge in [0.05, 0.1) is 12.7 Å². The molecule has 5 heteroatoms. The maximum absolute atomic E-state index is 12.2. The SMILES string of the molecule is COC(=O)C1CC2(NC1=O)OC(C)(C)CC2c1ccccc1. The first-order chi connectivity index (χ1) is 10.4. The summed E-state index contributed by atoms with van der Waals surface area (Å²) in [6.07, 6.45) is 1.09. The van der Waals surface area contributed by atoms with Gasteiger partial charge in [-0.2, -0.15) is 0 Å². The first-order valence-corrected chi connectivity index (χ1v) is 7.52. The number of amides is 1. The minimum atomic E-state index is -0.833. The van der Waals surface area contributed by atoms with Crippen LogP contribution in [-0.4, -0.2) is 30.3 Å². The zero-order valence-corrected chi connectivity index (χ0v) is 13.1. The summed E-state index contributed by atoms with van der Waals surface area (Å²) in [6.45, 7) is 4.02. The normalized spacial score (nSPS) is 33.0. The molecule has 1 spiro atoms. The van der Waals surface area contributed by atoms with Crippen molar-refractivity contribution in [3.63, 3.8) is 0 Å². The first-order valence-electron chi connectivity index (χ1n) is 7.52. The molecule has 2 aliphatic rings. The van der Waals surface area contributed by atoms with Crippen LogP contribution >= 0.6 is 0 Å². The highest BCUT2D eigenvalue weighted by Gasteiger charge is 2.60. The molecule has 3 atom stereocenters. The van der Waals surface area contributed by atoms with Gasteiger partial charge in [-0.25, -0.2) is 0 Å². The van der Waals surface area contributed by atoms with Gasteiger partial charge in [0.15, 0.2) is 0 Å². The van der Waals surface area contributed by atoms with Crippen molar-refractivity contribution in [2.24, 2.45) is 5.92 Å². The average molecular weight is 303 g/mol. The van der Waals surface area contributed by atoms with E-state index in [-0.39, 0.29) is 17.4 Å². The summed E-state index contributed by atoms with van der Waals surface area (Å²) in [4.78, 5) is 24.1.